The standard InChI is InChI=1S/C16H11ClFN3O/c17-14-4-1-5-15(18)13(14)7-12(8-19)16(22)21-10-11-3-2-6-20-9-11/h1-7,9H,10H2,(H,21,22). The molecule has 0 radical (unpaired) electrons. The lowest BCUT2D eigenvalue weighted by atomic mass is 10.1. The van der Waals surface area contributed by atoms with Crippen LogP contribution in [0.4, 0.5) is 4.39 Å². The van der Waals surface area contributed by atoms with Gasteiger partial charge in [-0.05, 0) is 29.8 Å². The minimum atomic E-state index is -0.606. The van der Waals surface area contributed by atoms with Crippen LogP contribution >= 0.6 is 11.6 Å². The van der Waals surface area contributed by atoms with Gasteiger partial charge in [-0.1, -0.05) is 23.7 Å². The Hall–Kier alpha value is -2.71. The fourth-order valence-corrected chi connectivity index (χ4v) is 1.94. The van der Waals surface area contributed by atoms with E-state index >= 15 is 0 Å². The molecular formula is C16H11ClFN3O. The van der Waals surface area contributed by atoms with Gasteiger partial charge < -0.3 is 5.32 Å². The largest absolute Gasteiger partial charge is 0.347 e. The second kappa shape index (κ2) is 7.34. The summed E-state index contributed by atoms with van der Waals surface area (Å²) < 4.78 is 13.7. The molecule has 0 bridgehead atoms. The number of nitrogens with zero attached hydrogens (tertiary/aromatic N) is 2. The number of amides is 1. The van der Waals surface area contributed by atoms with Gasteiger partial charge in [-0.15, -0.1) is 0 Å². The molecule has 1 aromatic heterocycles. The van der Waals surface area contributed by atoms with Gasteiger partial charge in [0.15, 0.2) is 0 Å². The van der Waals surface area contributed by atoms with E-state index in [0.717, 1.165) is 11.6 Å². The first-order valence-corrected chi connectivity index (χ1v) is 6.72. The van der Waals surface area contributed by atoms with Crippen LogP contribution in [0.2, 0.25) is 5.02 Å². The highest BCUT2D eigenvalue weighted by Crippen LogP contribution is 2.21. The van der Waals surface area contributed by atoms with Crippen LogP contribution in [0.25, 0.3) is 6.08 Å². The maximum absolute atomic E-state index is 13.7. The zero-order valence-electron chi connectivity index (χ0n) is 11.4. The van der Waals surface area contributed by atoms with Gasteiger partial charge in [0.1, 0.15) is 17.5 Å². The number of aromatic nitrogens is 1. The number of hydrogen-bond donors (Lipinski definition) is 1. The molecule has 2 aromatic rings. The van der Waals surface area contributed by atoms with E-state index in [-0.39, 0.29) is 22.7 Å². The summed E-state index contributed by atoms with van der Waals surface area (Å²) in [6.45, 7) is 0.219. The molecule has 1 N–H and O–H groups in total. The second-order valence-electron chi connectivity index (χ2n) is 4.35. The minimum Gasteiger partial charge on any atom is -0.347 e. The summed E-state index contributed by atoms with van der Waals surface area (Å²) in [7, 11) is 0. The first kappa shape index (κ1) is 15.7. The Morgan fingerprint density at radius 1 is 1.41 bits per heavy atom. The van der Waals surface area contributed by atoms with E-state index in [9.17, 15) is 9.18 Å². The Morgan fingerprint density at radius 2 is 2.23 bits per heavy atom. The molecule has 4 nitrogen and oxygen atoms in total. The molecule has 2 rings (SSSR count). The Balaban J connectivity index is 2.16. The Bertz CT molecular complexity index is 733. The molecule has 0 aliphatic rings. The lowest BCUT2D eigenvalue weighted by Gasteiger charge is -2.05. The van der Waals surface area contributed by atoms with Crippen LogP contribution in [0.5, 0.6) is 0 Å². The summed E-state index contributed by atoms with van der Waals surface area (Å²) in [6, 6.07) is 9.42. The number of benzene rings is 1. The lowest BCUT2D eigenvalue weighted by Crippen LogP contribution is -2.24. The van der Waals surface area contributed by atoms with Crippen molar-refractivity contribution in [2.45, 2.75) is 6.54 Å². The Morgan fingerprint density at radius 3 is 2.86 bits per heavy atom. The van der Waals surface area contributed by atoms with Crippen LogP contribution in [0.1, 0.15) is 11.1 Å². The number of halogens is 2. The lowest BCUT2D eigenvalue weighted by molar-refractivity contribution is -0.117. The van der Waals surface area contributed by atoms with Crippen LogP contribution in [-0.2, 0) is 11.3 Å². The summed E-state index contributed by atoms with van der Waals surface area (Å²) >= 11 is 5.87. The Kier molecular flexibility index (Phi) is 5.23. The van der Waals surface area contributed by atoms with Gasteiger partial charge in [-0.25, -0.2) is 4.39 Å². The van der Waals surface area contributed by atoms with E-state index in [4.69, 9.17) is 16.9 Å². The summed E-state index contributed by atoms with van der Waals surface area (Å²) in [5, 5.41) is 11.8. The normalized spacial score (nSPS) is 10.9. The van der Waals surface area contributed by atoms with Crippen molar-refractivity contribution in [3.63, 3.8) is 0 Å². The molecule has 0 unspecified atom stereocenters. The van der Waals surface area contributed by atoms with E-state index in [1.54, 1.807) is 30.6 Å². The number of hydrogen-bond acceptors (Lipinski definition) is 3. The average molecular weight is 316 g/mol. The highest BCUT2D eigenvalue weighted by atomic mass is 35.5. The molecule has 0 saturated heterocycles. The molecule has 1 heterocycles. The van der Waals surface area contributed by atoms with E-state index in [1.807, 2.05) is 0 Å². The summed E-state index contributed by atoms with van der Waals surface area (Å²) in [5.41, 5.74) is 0.574. The summed E-state index contributed by atoms with van der Waals surface area (Å²) in [6.07, 6.45) is 4.35. The van der Waals surface area contributed by atoms with Crippen molar-refractivity contribution in [2.24, 2.45) is 0 Å². The van der Waals surface area contributed by atoms with Gasteiger partial charge >= 0.3 is 0 Å². The molecule has 22 heavy (non-hydrogen) atoms. The molecule has 1 amide bonds. The highest BCUT2D eigenvalue weighted by Gasteiger charge is 2.12. The maximum Gasteiger partial charge on any atom is 0.262 e. The maximum atomic E-state index is 13.7. The van der Waals surface area contributed by atoms with Crippen LogP contribution in [-0.4, -0.2) is 10.9 Å². The molecule has 0 saturated carbocycles. The van der Waals surface area contributed by atoms with Crippen molar-refractivity contribution in [3.8, 4) is 6.07 Å². The Labute approximate surface area is 131 Å². The molecule has 110 valence electrons. The molecule has 0 aliphatic carbocycles. The smallest absolute Gasteiger partial charge is 0.262 e. The van der Waals surface area contributed by atoms with Gasteiger partial charge in [-0.3, -0.25) is 9.78 Å². The van der Waals surface area contributed by atoms with E-state index < -0.39 is 11.7 Å². The molecule has 6 heteroatoms. The highest BCUT2D eigenvalue weighted by molar-refractivity contribution is 6.32. The van der Waals surface area contributed by atoms with Crippen molar-refractivity contribution in [2.75, 3.05) is 0 Å². The van der Waals surface area contributed by atoms with Gasteiger partial charge in [0.2, 0.25) is 0 Å². The quantitative estimate of drug-likeness (QED) is 0.696. The topological polar surface area (TPSA) is 65.8 Å². The van der Waals surface area contributed by atoms with E-state index in [0.29, 0.717) is 0 Å². The van der Waals surface area contributed by atoms with Crippen LogP contribution in [0, 0.1) is 17.1 Å². The number of nitrogens with one attached hydrogen (secondary N) is 1. The second-order valence-corrected chi connectivity index (χ2v) is 4.76. The van der Waals surface area contributed by atoms with Gasteiger partial charge in [0, 0.05) is 24.5 Å². The zero-order chi connectivity index (χ0) is 15.9. The number of carbonyl (C=O) groups is 1. The third-order valence-corrected chi connectivity index (χ3v) is 3.16. The van der Waals surface area contributed by atoms with Crippen molar-refractivity contribution < 1.29 is 9.18 Å². The number of carbonyl (C=O) groups excluding carboxylic acids is 1. The fourth-order valence-electron chi connectivity index (χ4n) is 1.72. The monoisotopic (exact) mass is 315 g/mol. The third kappa shape index (κ3) is 3.90. The van der Waals surface area contributed by atoms with Crippen LogP contribution < -0.4 is 5.32 Å². The molecule has 0 fully saturated rings. The third-order valence-electron chi connectivity index (χ3n) is 2.83. The number of pyridine rings is 1. The van der Waals surface area contributed by atoms with Crippen LogP contribution in [0.3, 0.4) is 0 Å². The predicted molar refractivity (Wildman–Crippen MR) is 81.1 cm³/mol. The molecule has 0 aliphatic heterocycles. The molecule has 0 spiro atoms. The molecule has 1 aromatic carbocycles. The molecule has 0 atom stereocenters. The van der Waals surface area contributed by atoms with Crippen molar-refractivity contribution in [1.82, 2.24) is 10.3 Å². The van der Waals surface area contributed by atoms with E-state index in [2.05, 4.69) is 10.3 Å². The average Bonchev–Trinajstić information content (AvgIpc) is 2.53. The van der Waals surface area contributed by atoms with Gasteiger partial charge in [-0.2, -0.15) is 5.26 Å². The minimum absolute atomic E-state index is 0.0113. The SMILES string of the molecule is N#CC(=Cc1c(F)cccc1Cl)C(=O)NCc1cccnc1. The van der Waals surface area contributed by atoms with Crippen molar-refractivity contribution in [1.29, 1.82) is 5.26 Å². The predicted octanol–water partition coefficient (Wildman–Crippen LogP) is 3.10. The fraction of sp³-hybridized carbons (Fsp3) is 0.0625. The zero-order valence-corrected chi connectivity index (χ0v) is 12.1. The van der Waals surface area contributed by atoms with Crippen molar-refractivity contribution >= 4 is 23.6 Å². The first-order chi connectivity index (χ1) is 10.6. The summed E-state index contributed by atoms with van der Waals surface area (Å²) in [4.78, 5) is 15.9. The number of nitriles is 1. The van der Waals surface area contributed by atoms with E-state index in [1.165, 1.54) is 18.2 Å². The van der Waals surface area contributed by atoms with Crippen molar-refractivity contribution in [3.05, 3.63) is 70.3 Å². The van der Waals surface area contributed by atoms with Gasteiger partial charge in [0.05, 0.1) is 5.02 Å². The first-order valence-electron chi connectivity index (χ1n) is 6.34. The van der Waals surface area contributed by atoms with Gasteiger partial charge in [0.25, 0.3) is 5.91 Å². The summed E-state index contributed by atoms with van der Waals surface area (Å²) in [5.74, 6) is -1.20. The number of rotatable bonds is 4. The molecular weight excluding hydrogens is 305 g/mol. The van der Waals surface area contributed by atoms with Crippen LogP contribution in [0.15, 0.2) is 48.3 Å².